The van der Waals surface area contributed by atoms with Crippen LogP contribution in [0, 0.1) is 20.8 Å². The lowest BCUT2D eigenvalue weighted by molar-refractivity contribution is -0.143. The number of carbonyl (C=O) groups excluding carboxylic acids is 4. The van der Waals surface area contributed by atoms with E-state index in [1.54, 1.807) is 18.2 Å². The van der Waals surface area contributed by atoms with Crippen molar-refractivity contribution in [3.8, 4) is 5.69 Å². The van der Waals surface area contributed by atoms with Gasteiger partial charge in [0.05, 0.1) is 19.8 Å². The highest BCUT2D eigenvalue weighted by atomic mass is 16.5. The summed E-state index contributed by atoms with van der Waals surface area (Å²) in [6.07, 6.45) is 1.57. The molecule has 0 aliphatic carbocycles. The SMILES string of the molecule is COC(=O)CN1C(=O)NC(=Cc2cc(C)n(-c3cc(C(=O)OC)ccc3C)c2C)C1=O. The summed E-state index contributed by atoms with van der Waals surface area (Å²) < 4.78 is 11.3. The van der Waals surface area contributed by atoms with E-state index in [2.05, 4.69) is 10.1 Å². The van der Waals surface area contributed by atoms with Gasteiger partial charge in [0.15, 0.2) is 0 Å². The van der Waals surface area contributed by atoms with Crippen LogP contribution >= 0.6 is 0 Å². The molecule has 2 aromatic rings. The lowest BCUT2D eigenvalue weighted by Crippen LogP contribution is -2.36. The maximum Gasteiger partial charge on any atom is 0.337 e. The minimum atomic E-state index is -0.691. The van der Waals surface area contributed by atoms with Crippen LogP contribution in [0.1, 0.15) is 32.9 Å². The number of esters is 2. The Balaban J connectivity index is 2.00. The molecule has 1 aliphatic heterocycles. The molecule has 0 spiro atoms. The largest absolute Gasteiger partial charge is 0.468 e. The van der Waals surface area contributed by atoms with E-state index in [-0.39, 0.29) is 5.70 Å². The number of carbonyl (C=O) groups is 4. The predicted molar refractivity (Wildman–Crippen MR) is 112 cm³/mol. The third-order valence-electron chi connectivity index (χ3n) is 5.12. The maximum absolute atomic E-state index is 12.6. The zero-order chi connectivity index (χ0) is 22.9. The van der Waals surface area contributed by atoms with E-state index in [1.165, 1.54) is 14.2 Å². The number of benzene rings is 1. The molecule has 1 aliphatic rings. The van der Waals surface area contributed by atoms with E-state index in [9.17, 15) is 19.2 Å². The number of nitrogens with zero attached hydrogens (tertiary/aromatic N) is 2. The highest BCUT2D eigenvalue weighted by molar-refractivity contribution is 6.15. The summed E-state index contributed by atoms with van der Waals surface area (Å²) in [5.74, 6) is -1.73. The molecule has 3 amide bonds. The van der Waals surface area contributed by atoms with Gasteiger partial charge in [-0.25, -0.2) is 14.5 Å². The number of imide groups is 1. The summed E-state index contributed by atoms with van der Waals surface area (Å²) in [5, 5.41) is 2.49. The highest BCUT2D eigenvalue weighted by Gasteiger charge is 2.35. The van der Waals surface area contributed by atoms with Gasteiger partial charge >= 0.3 is 18.0 Å². The molecule has 0 unspecified atom stereocenters. The summed E-state index contributed by atoms with van der Waals surface area (Å²) >= 11 is 0. The van der Waals surface area contributed by atoms with Crippen LogP contribution in [-0.2, 0) is 19.1 Å². The Bertz CT molecular complexity index is 1130. The van der Waals surface area contributed by atoms with Crippen LogP contribution in [-0.4, -0.2) is 54.1 Å². The van der Waals surface area contributed by atoms with Crippen LogP contribution < -0.4 is 5.32 Å². The molecule has 9 nitrogen and oxygen atoms in total. The van der Waals surface area contributed by atoms with Crippen LogP contribution in [0.4, 0.5) is 4.79 Å². The van der Waals surface area contributed by atoms with E-state index in [0.29, 0.717) is 11.1 Å². The number of aryl methyl sites for hydroxylation is 2. The molecule has 3 rings (SSSR count). The highest BCUT2D eigenvalue weighted by Crippen LogP contribution is 2.26. The van der Waals surface area contributed by atoms with Crippen molar-refractivity contribution in [2.75, 3.05) is 20.8 Å². The Hall–Kier alpha value is -3.88. The molecule has 2 heterocycles. The molecule has 0 radical (unpaired) electrons. The lowest BCUT2D eigenvalue weighted by Gasteiger charge is -2.14. The number of amides is 3. The van der Waals surface area contributed by atoms with Gasteiger partial charge in [-0.2, -0.15) is 0 Å². The molecule has 162 valence electrons. The number of hydrogen-bond acceptors (Lipinski definition) is 6. The fourth-order valence-corrected chi connectivity index (χ4v) is 3.46. The second-order valence-electron chi connectivity index (χ2n) is 7.11. The van der Waals surface area contributed by atoms with Crippen molar-refractivity contribution < 1.29 is 28.7 Å². The van der Waals surface area contributed by atoms with Gasteiger partial charge in [0.2, 0.25) is 0 Å². The summed E-state index contributed by atoms with van der Waals surface area (Å²) in [6, 6.07) is 6.47. The number of hydrogen-bond donors (Lipinski definition) is 1. The Labute approximate surface area is 179 Å². The molecule has 1 aromatic heterocycles. The van der Waals surface area contributed by atoms with Gasteiger partial charge in [-0.3, -0.25) is 9.59 Å². The van der Waals surface area contributed by atoms with Gasteiger partial charge in [-0.15, -0.1) is 0 Å². The van der Waals surface area contributed by atoms with Crippen molar-refractivity contribution in [1.82, 2.24) is 14.8 Å². The van der Waals surface area contributed by atoms with E-state index >= 15 is 0 Å². The number of methoxy groups -OCH3 is 2. The third-order valence-corrected chi connectivity index (χ3v) is 5.12. The second-order valence-corrected chi connectivity index (χ2v) is 7.11. The monoisotopic (exact) mass is 425 g/mol. The molecule has 1 aromatic carbocycles. The number of aromatic nitrogens is 1. The summed E-state index contributed by atoms with van der Waals surface area (Å²) in [4.78, 5) is 48.9. The molecule has 31 heavy (non-hydrogen) atoms. The first-order valence-corrected chi connectivity index (χ1v) is 9.47. The number of ether oxygens (including phenoxy) is 2. The topological polar surface area (TPSA) is 107 Å². The Kier molecular flexibility index (Phi) is 5.96. The fraction of sp³-hybridized carbons (Fsp3) is 0.273. The molecule has 0 bridgehead atoms. The van der Waals surface area contributed by atoms with Gasteiger partial charge in [0.25, 0.3) is 5.91 Å². The van der Waals surface area contributed by atoms with Crippen molar-refractivity contribution in [1.29, 1.82) is 0 Å². The Morgan fingerprint density at radius 2 is 1.77 bits per heavy atom. The lowest BCUT2D eigenvalue weighted by atomic mass is 10.1. The van der Waals surface area contributed by atoms with E-state index in [1.807, 2.05) is 37.5 Å². The molecular weight excluding hydrogens is 402 g/mol. The number of nitrogens with one attached hydrogen (secondary N) is 1. The van der Waals surface area contributed by atoms with Gasteiger partial charge in [0, 0.05) is 17.1 Å². The van der Waals surface area contributed by atoms with Crippen LogP contribution in [0.5, 0.6) is 0 Å². The molecule has 1 saturated heterocycles. The third kappa shape index (κ3) is 4.07. The van der Waals surface area contributed by atoms with Gasteiger partial charge in [-0.05, 0) is 56.2 Å². The minimum absolute atomic E-state index is 0.0641. The van der Waals surface area contributed by atoms with E-state index in [4.69, 9.17) is 4.74 Å². The molecule has 1 N–H and O–H groups in total. The molecule has 0 atom stereocenters. The van der Waals surface area contributed by atoms with E-state index in [0.717, 1.165) is 27.5 Å². The first kappa shape index (κ1) is 21.8. The van der Waals surface area contributed by atoms with Crippen molar-refractivity contribution >= 4 is 30.0 Å². The van der Waals surface area contributed by atoms with Gasteiger partial charge in [0.1, 0.15) is 12.2 Å². The number of rotatable bonds is 5. The zero-order valence-electron chi connectivity index (χ0n) is 17.9. The Morgan fingerprint density at radius 1 is 1.06 bits per heavy atom. The van der Waals surface area contributed by atoms with Crippen LogP contribution in [0.25, 0.3) is 11.8 Å². The smallest absolute Gasteiger partial charge is 0.337 e. The molecule has 9 heteroatoms. The van der Waals surface area contributed by atoms with E-state index < -0.39 is 30.4 Å². The standard InChI is InChI=1S/C22H23N3O6/c1-12-6-7-15(21(28)31-5)10-18(12)25-13(2)8-16(14(25)3)9-17-20(27)24(22(29)23-17)11-19(26)30-4/h6-10H,11H2,1-5H3,(H,23,29). The van der Waals surface area contributed by atoms with Crippen LogP contribution in [0.3, 0.4) is 0 Å². The summed E-state index contributed by atoms with van der Waals surface area (Å²) in [7, 11) is 2.51. The van der Waals surface area contributed by atoms with Crippen LogP contribution in [0.15, 0.2) is 30.0 Å². The van der Waals surface area contributed by atoms with Crippen molar-refractivity contribution in [3.63, 3.8) is 0 Å². The molecule has 1 fully saturated rings. The number of urea groups is 1. The second kappa shape index (κ2) is 8.47. The maximum atomic E-state index is 12.6. The average Bonchev–Trinajstić information content (AvgIpc) is 3.17. The summed E-state index contributed by atoms with van der Waals surface area (Å²) in [5.41, 5.74) is 4.63. The average molecular weight is 425 g/mol. The molecular formula is C22H23N3O6. The summed E-state index contributed by atoms with van der Waals surface area (Å²) in [6.45, 7) is 5.24. The first-order chi connectivity index (χ1) is 14.7. The van der Waals surface area contributed by atoms with Gasteiger partial charge < -0.3 is 19.4 Å². The first-order valence-electron chi connectivity index (χ1n) is 9.47. The van der Waals surface area contributed by atoms with Crippen molar-refractivity contribution in [3.05, 3.63) is 58.0 Å². The zero-order valence-corrected chi connectivity index (χ0v) is 17.9. The van der Waals surface area contributed by atoms with Gasteiger partial charge in [-0.1, -0.05) is 6.07 Å². The predicted octanol–water partition coefficient (Wildman–Crippen LogP) is 2.25. The minimum Gasteiger partial charge on any atom is -0.468 e. The quantitative estimate of drug-likeness (QED) is 0.447. The molecule has 0 saturated carbocycles. The Morgan fingerprint density at radius 3 is 2.42 bits per heavy atom. The normalized spacial score (nSPS) is 14.7. The fourth-order valence-electron chi connectivity index (χ4n) is 3.46. The van der Waals surface area contributed by atoms with Crippen molar-refractivity contribution in [2.45, 2.75) is 20.8 Å². The van der Waals surface area contributed by atoms with Crippen molar-refractivity contribution in [2.24, 2.45) is 0 Å². The van der Waals surface area contributed by atoms with Crippen LogP contribution in [0.2, 0.25) is 0 Å².